The van der Waals surface area contributed by atoms with Crippen molar-refractivity contribution in [2.24, 2.45) is 4.99 Å². The summed E-state index contributed by atoms with van der Waals surface area (Å²) in [5, 5.41) is 4.02. The normalized spacial score (nSPS) is 19.2. The van der Waals surface area contributed by atoms with E-state index in [0.29, 0.717) is 39.0 Å². The first-order chi connectivity index (χ1) is 15.6. The van der Waals surface area contributed by atoms with Gasteiger partial charge in [0, 0.05) is 13.1 Å². The van der Waals surface area contributed by atoms with Crippen LogP contribution in [0.4, 0.5) is 11.5 Å². The maximum Gasteiger partial charge on any atom is 0.264 e. The summed E-state index contributed by atoms with van der Waals surface area (Å²) < 4.78 is 5.41. The number of halogens is 2. The van der Waals surface area contributed by atoms with E-state index < -0.39 is 0 Å². The number of carbonyl (C=O) groups is 1. The summed E-state index contributed by atoms with van der Waals surface area (Å²) in [5.41, 5.74) is 2.84. The second-order valence-electron chi connectivity index (χ2n) is 7.13. The molecule has 3 aromatic rings. The van der Waals surface area contributed by atoms with Crippen LogP contribution >= 0.6 is 35.0 Å². The third-order valence-corrected chi connectivity index (χ3v) is 6.51. The second-order valence-corrected chi connectivity index (χ2v) is 8.97. The SMILES string of the molecule is O=C1NC(=Nc2c(Cl)cccc2Cl)S/C1=C\c1ccc2ncc(N3CCOCC3)nc2c1. The molecule has 2 aliphatic rings. The number of hydrogen-bond acceptors (Lipinski definition) is 7. The summed E-state index contributed by atoms with van der Waals surface area (Å²) in [6.45, 7) is 2.94. The Bertz CT molecular complexity index is 1250. The number of rotatable bonds is 3. The molecule has 1 N–H and O–H groups in total. The number of benzene rings is 2. The Balaban J connectivity index is 1.42. The number of ether oxygens (including phenoxy) is 1. The molecule has 0 bridgehead atoms. The Morgan fingerprint density at radius 2 is 1.91 bits per heavy atom. The molecule has 2 saturated heterocycles. The molecule has 1 amide bonds. The van der Waals surface area contributed by atoms with E-state index in [1.54, 1.807) is 30.5 Å². The van der Waals surface area contributed by atoms with Crippen LogP contribution in [-0.2, 0) is 9.53 Å². The van der Waals surface area contributed by atoms with Crippen molar-refractivity contribution in [1.82, 2.24) is 15.3 Å². The Morgan fingerprint density at radius 1 is 1.12 bits per heavy atom. The summed E-state index contributed by atoms with van der Waals surface area (Å²) in [5.74, 6) is 0.592. The number of nitrogens with one attached hydrogen (secondary N) is 1. The van der Waals surface area contributed by atoms with Crippen molar-refractivity contribution in [3.05, 3.63) is 63.1 Å². The molecule has 2 aromatic carbocycles. The summed E-state index contributed by atoms with van der Waals surface area (Å²) in [6, 6.07) is 10.9. The van der Waals surface area contributed by atoms with Gasteiger partial charge in [-0.1, -0.05) is 35.3 Å². The summed E-state index contributed by atoms with van der Waals surface area (Å²) in [6.07, 6.45) is 3.59. The summed E-state index contributed by atoms with van der Waals surface area (Å²) >= 11 is 13.6. The molecular weight excluding hydrogens is 469 g/mol. The van der Waals surface area contributed by atoms with Crippen LogP contribution in [0.5, 0.6) is 0 Å². The molecule has 0 radical (unpaired) electrons. The van der Waals surface area contributed by atoms with Crippen LogP contribution in [0.15, 0.2) is 52.5 Å². The number of thioether (sulfide) groups is 1. The van der Waals surface area contributed by atoms with Gasteiger partial charge in [-0.05, 0) is 47.7 Å². The van der Waals surface area contributed by atoms with Crippen LogP contribution in [0.25, 0.3) is 17.1 Å². The number of amides is 1. The fraction of sp³-hybridized carbons (Fsp3) is 0.182. The number of para-hydroxylation sites is 1. The zero-order valence-corrected chi connectivity index (χ0v) is 19.0. The van der Waals surface area contributed by atoms with Crippen molar-refractivity contribution in [2.75, 3.05) is 31.2 Å². The number of anilines is 1. The number of fused-ring (bicyclic) bond motifs is 1. The van der Waals surface area contributed by atoms with E-state index in [0.717, 1.165) is 35.5 Å². The van der Waals surface area contributed by atoms with Gasteiger partial charge in [0.15, 0.2) is 5.17 Å². The van der Waals surface area contributed by atoms with Gasteiger partial charge in [-0.15, -0.1) is 0 Å². The Morgan fingerprint density at radius 3 is 2.69 bits per heavy atom. The van der Waals surface area contributed by atoms with E-state index in [9.17, 15) is 4.79 Å². The highest BCUT2D eigenvalue weighted by atomic mass is 35.5. The first-order valence-corrected chi connectivity index (χ1v) is 11.5. The van der Waals surface area contributed by atoms with Gasteiger partial charge in [0.2, 0.25) is 0 Å². The molecule has 0 saturated carbocycles. The maximum atomic E-state index is 12.5. The number of morpholine rings is 1. The highest BCUT2D eigenvalue weighted by Gasteiger charge is 2.24. The highest BCUT2D eigenvalue weighted by Crippen LogP contribution is 2.35. The van der Waals surface area contributed by atoms with Crippen LogP contribution in [0.2, 0.25) is 10.0 Å². The number of carbonyl (C=O) groups excluding carboxylic acids is 1. The standard InChI is InChI=1S/C22H17Cl2N5O2S/c23-14-2-1-3-15(24)20(14)27-22-28-21(30)18(32-22)11-13-4-5-16-17(10-13)26-19(12-25-16)29-6-8-31-9-7-29/h1-5,10-12H,6-9H2,(H,27,28,30)/b18-11-. The molecule has 162 valence electrons. The predicted octanol–water partition coefficient (Wildman–Crippen LogP) is 4.66. The lowest BCUT2D eigenvalue weighted by Gasteiger charge is -2.27. The molecule has 3 heterocycles. The van der Waals surface area contributed by atoms with E-state index in [-0.39, 0.29) is 5.91 Å². The van der Waals surface area contributed by atoms with Gasteiger partial charge in [-0.3, -0.25) is 9.78 Å². The van der Waals surface area contributed by atoms with Gasteiger partial charge in [0.25, 0.3) is 5.91 Å². The monoisotopic (exact) mass is 485 g/mol. The molecule has 0 aliphatic carbocycles. The van der Waals surface area contributed by atoms with Gasteiger partial charge >= 0.3 is 0 Å². The van der Waals surface area contributed by atoms with Crippen LogP contribution in [0.3, 0.4) is 0 Å². The average molecular weight is 486 g/mol. The first kappa shape index (κ1) is 21.2. The van der Waals surface area contributed by atoms with Gasteiger partial charge in [0.1, 0.15) is 11.5 Å². The molecule has 10 heteroatoms. The molecule has 32 heavy (non-hydrogen) atoms. The predicted molar refractivity (Wildman–Crippen MR) is 130 cm³/mol. The number of aliphatic imine (C=N–C) groups is 1. The number of nitrogens with zero attached hydrogens (tertiary/aromatic N) is 4. The highest BCUT2D eigenvalue weighted by molar-refractivity contribution is 8.18. The molecule has 0 spiro atoms. The Kier molecular flexibility index (Phi) is 6.01. The number of amidine groups is 1. The lowest BCUT2D eigenvalue weighted by atomic mass is 10.1. The molecule has 0 atom stereocenters. The van der Waals surface area contributed by atoms with Crippen molar-refractivity contribution in [3.8, 4) is 0 Å². The largest absolute Gasteiger partial charge is 0.378 e. The molecule has 7 nitrogen and oxygen atoms in total. The van der Waals surface area contributed by atoms with Crippen LogP contribution in [-0.4, -0.2) is 47.3 Å². The molecule has 5 rings (SSSR count). The summed E-state index contributed by atoms with van der Waals surface area (Å²) in [4.78, 5) is 28.9. The summed E-state index contributed by atoms with van der Waals surface area (Å²) in [7, 11) is 0. The van der Waals surface area contributed by atoms with Gasteiger partial charge in [0.05, 0.1) is 45.4 Å². The van der Waals surface area contributed by atoms with Crippen LogP contribution in [0, 0.1) is 0 Å². The first-order valence-electron chi connectivity index (χ1n) is 9.90. The van der Waals surface area contributed by atoms with Gasteiger partial charge < -0.3 is 15.0 Å². The lowest BCUT2D eigenvalue weighted by Crippen LogP contribution is -2.36. The zero-order chi connectivity index (χ0) is 22.1. The third kappa shape index (κ3) is 4.45. The second kappa shape index (κ2) is 9.07. The molecule has 1 aromatic heterocycles. The number of aromatic nitrogens is 2. The van der Waals surface area contributed by atoms with E-state index in [4.69, 9.17) is 32.9 Å². The quantitative estimate of drug-likeness (QED) is 0.543. The van der Waals surface area contributed by atoms with Crippen molar-refractivity contribution < 1.29 is 9.53 Å². The fourth-order valence-corrected chi connectivity index (χ4v) is 4.69. The minimum Gasteiger partial charge on any atom is -0.378 e. The van der Waals surface area contributed by atoms with E-state index in [2.05, 4.69) is 20.2 Å². The van der Waals surface area contributed by atoms with Gasteiger partial charge in [-0.2, -0.15) is 0 Å². The number of hydrogen-bond donors (Lipinski definition) is 1. The van der Waals surface area contributed by atoms with Crippen molar-refractivity contribution in [1.29, 1.82) is 0 Å². The third-order valence-electron chi connectivity index (χ3n) is 4.99. The van der Waals surface area contributed by atoms with Crippen molar-refractivity contribution in [2.45, 2.75) is 0 Å². The molecule has 2 fully saturated rings. The molecule has 0 unspecified atom stereocenters. The van der Waals surface area contributed by atoms with E-state index >= 15 is 0 Å². The van der Waals surface area contributed by atoms with Crippen molar-refractivity contribution in [3.63, 3.8) is 0 Å². The maximum absolute atomic E-state index is 12.5. The van der Waals surface area contributed by atoms with Crippen LogP contribution < -0.4 is 10.2 Å². The Labute approximate surface area is 198 Å². The molecular formula is C22H17Cl2N5O2S. The lowest BCUT2D eigenvalue weighted by molar-refractivity contribution is -0.115. The Hall–Kier alpha value is -2.65. The zero-order valence-electron chi connectivity index (χ0n) is 16.7. The minimum absolute atomic E-state index is 0.231. The van der Waals surface area contributed by atoms with E-state index in [1.165, 1.54) is 11.8 Å². The smallest absolute Gasteiger partial charge is 0.264 e. The topological polar surface area (TPSA) is 79.7 Å². The average Bonchev–Trinajstić information content (AvgIpc) is 3.15. The van der Waals surface area contributed by atoms with Crippen LogP contribution in [0.1, 0.15) is 5.56 Å². The van der Waals surface area contributed by atoms with E-state index in [1.807, 2.05) is 18.2 Å². The van der Waals surface area contributed by atoms with Gasteiger partial charge in [-0.25, -0.2) is 9.98 Å². The fourth-order valence-electron chi connectivity index (χ4n) is 3.38. The molecule has 2 aliphatic heterocycles. The minimum atomic E-state index is -0.231. The van der Waals surface area contributed by atoms with Crippen molar-refractivity contribution >= 4 is 74.7 Å².